The van der Waals surface area contributed by atoms with Crippen LogP contribution in [-0.4, -0.2) is 18.1 Å². The molecule has 2 nitrogen and oxygen atoms in total. The Morgan fingerprint density at radius 1 is 1.00 bits per heavy atom. The predicted molar refractivity (Wildman–Crippen MR) is 82.6 cm³/mol. The highest BCUT2D eigenvalue weighted by molar-refractivity contribution is 5.89. The van der Waals surface area contributed by atoms with Crippen LogP contribution in [0.25, 0.3) is 10.9 Å². The van der Waals surface area contributed by atoms with Crippen LogP contribution >= 0.6 is 0 Å². The van der Waals surface area contributed by atoms with Crippen molar-refractivity contribution in [1.82, 2.24) is 4.98 Å². The summed E-state index contributed by atoms with van der Waals surface area (Å²) >= 11 is 0. The highest BCUT2D eigenvalue weighted by Crippen LogP contribution is 2.47. The highest BCUT2D eigenvalue weighted by Gasteiger charge is 2.43. The Balaban J connectivity index is 2.40. The first kappa shape index (κ1) is 17.8. The summed E-state index contributed by atoms with van der Waals surface area (Å²) in [4.78, 5) is 5.30. The molecular formula is C17H16F6N2. The average molecular weight is 362 g/mol. The third-order valence-corrected chi connectivity index (χ3v) is 5.22. The van der Waals surface area contributed by atoms with Gasteiger partial charge in [-0.2, -0.15) is 26.3 Å². The standard InChI is InChI=1S/C17H16F6N2/c1-8-15(2,3)11-5-9-10(16(18,19)20)6-14(17(21,22)23)24-12(9)7-13(11)25(8)4/h5-8H,1-4H3/t8-/m1/s1. The summed E-state index contributed by atoms with van der Waals surface area (Å²) in [5.41, 5.74) is -2.33. The monoisotopic (exact) mass is 362 g/mol. The maximum absolute atomic E-state index is 13.4. The number of alkyl halides is 6. The van der Waals surface area contributed by atoms with Gasteiger partial charge in [0.1, 0.15) is 5.69 Å². The maximum atomic E-state index is 13.4. The molecule has 0 radical (unpaired) electrons. The van der Waals surface area contributed by atoms with E-state index in [2.05, 4.69) is 4.98 Å². The van der Waals surface area contributed by atoms with Gasteiger partial charge in [0.2, 0.25) is 0 Å². The first-order valence-electron chi connectivity index (χ1n) is 7.61. The van der Waals surface area contributed by atoms with Crippen molar-refractivity contribution in [2.45, 2.75) is 44.6 Å². The van der Waals surface area contributed by atoms with E-state index in [0.29, 0.717) is 11.3 Å². The Kier molecular flexibility index (Phi) is 3.58. The van der Waals surface area contributed by atoms with E-state index in [1.165, 1.54) is 12.1 Å². The number of pyridine rings is 1. The minimum Gasteiger partial charge on any atom is -0.371 e. The van der Waals surface area contributed by atoms with Crippen LogP contribution in [0.5, 0.6) is 0 Å². The molecule has 3 rings (SSSR count). The minimum absolute atomic E-state index is 0.0178. The molecule has 2 heterocycles. The van der Waals surface area contributed by atoms with Gasteiger partial charge in [0.05, 0.1) is 11.1 Å². The number of aromatic nitrogens is 1. The number of hydrogen-bond donors (Lipinski definition) is 0. The van der Waals surface area contributed by atoms with E-state index < -0.39 is 29.0 Å². The molecule has 1 aromatic carbocycles. The van der Waals surface area contributed by atoms with Crippen molar-refractivity contribution in [3.05, 3.63) is 35.0 Å². The van der Waals surface area contributed by atoms with E-state index in [1.807, 2.05) is 25.7 Å². The molecule has 1 aliphatic heterocycles. The average Bonchev–Trinajstić information content (AvgIpc) is 2.63. The van der Waals surface area contributed by atoms with E-state index in [4.69, 9.17) is 0 Å². The topological polar surface area (TPSA) is 16.1 Å². The van der Waals surface area contributed by atoms with E-state index in [0.717, 1.165) is 0 Å². The van der Waals surface area contributed by atoms with Crippen LogP contribution < -0.4 is 4.90 Å². The number of rotatable bonds is 0. The SMILES string of the molecule is C[C@H]1N(C)c2cc3nc(C(F)(F)F)cc(C(F)(F)F)c3cc2C1(C)C. The van der Waals surface area contributed by atoms with Crippen LogP contribution in [0, 0.1) is 0 Å². The number of halogens is 6. The summed E-state index contributed by atoms with van der Waals surface area (Å²) in [5.74, 6) is 0. The van der Waals surface area contributed by atoms with Crippen molar-refractivity contribution in [3.63, 3.8) is 0 Å². The lowest BCUT2D eigenvalue weighted by molar-refractivity contribution is -0.144. The smallest absolute Gasteiger partial charge is 0.371 e. The first-order chi connectivity index (χ1) is 11.2. The quantitative estimate of drug-likeness (QED) is 0.584. The summed E-state index contributed by atoms with van der Waals surface area (Å²) in [7, 11) is 1.77. The summed E-state index contributed by atoms with van der Waals surface area (Å²) in [6.07, 6.45) is -9.86. The van der Waals surface area contributed by atoms with Crippen molar-refractivity contribution in [2.24, 2.45) is 0 Å². The Morgan fingerprint density at radius 3 is 2.12 bits per heavy atom. The molecule has 0 spiro atoms. The summed E-state index contributed by atoms with van der Waals surface area (Å²) in [6, 6.07) is 2.72. The van der Waals surface area contributed by atoms with E-state index in [1.54, 1.807) is 7.05 Å². The zero-order chi connectivity index (χ0) is 18.9. The van der Waals surface area contributed by atoms with Gasteiger partial charge in [0.15, 0.2) is 0 Å². The lowest BCUT2D eigenvalue weighted by atomic mass is 9.80. The van der Waals surface area contributed by atoms with Gasteiger partial charge in [0, 0.05) is 29.6 Å². The molecule has 1 aliphatic rings. The second-order valence-corrected chi connectivity index (χ2v) is 6.95. The number of hydrogen-bond acceptors (Lipinski definition) is 2. The number of fused-ring (bicyclic) bond motifs is 2. The summed E-state index contributed by atoms with van der Waals surface area (Å²) in [5, 5.41) is -0.310. The molecule has 0 unspecified atom stereocenters. The zero-order valence-corrected chi connectivity index (χ0v) is 14.0. The van der Waals surface area contributed by atoms with Gasteiger partial charge in [-0.1, -0.05) is 13.8 Å². The fourth-order valence-electron chi connectivity index (χ4n) is 3.37. The van der Waals surface area contributed by atoms with Gasteiger partial charge in [-0.3, -0.25) is 0 Å². The number of benzene rings is 1. The normalized spacial score (nSPS) is 20.2. The third kappa shape index (κ3) is 2.62. The predicted octanol–water partition coefficient (Wildman–Crippen LogP) is 5.39. The Bertz CT molecular complexity index is 851. The highest BCUT2D eigenvalue weighted by atomic mass is 19.4. The van der Waals surface area contributed by atoms with Crippen molar-refractivity contribution < 1.29 is 26.3 Å². The molecule has 0 aliphatic carbocycles. The lowest BCUT2D eigenvalue weighted by Gasteiger charge is -2.28. The molecule has 0 bridgehead atoms. The molecule has 0 saturated carbocycles. The van der Waals surface area contributed by atoms with Gasteiger partial charge in [-0.05, 0) is 30.7 Å². The second-order valence-electron chi connectivity index (χ2n) is 6.95. The van der Waals surface area contributed by atoms with Crippen LogP contribution in [0.1, 0.15) is 37.6 Å². The maximum Gasteiger partial charge on any atom is 0.433 e. The number of likely N-dealkylation sites (N-methyl/N-ethyl adjacent to an activating group) is 1. The van der Waals surface area contributed by atoms with Crippen LogP contribution in [0.4, 0.5) is 32.0 Å². The summed E-state index contributed by atoms with van der Waals surface area (Å²) in [6.45, 7) is 5.72. The first-order valence-corrected chi connectivity index (χ1v) is 7.61. The molecule has 1 atom stereocenters. The fourth-order valence-corrected chi connectivity index (χ4v) is 3.37. The molecule has 2 aromatic rings. The molecule has 0 saturated heterocycles. The zero-order valence-electron chi connectivity index (χ0n) is 14.0. The van der Waals surface area contributed by atoms with E-state index >= 15 is 0 Å². The third-order valence-electron chi connectivity index (χ3n) is 5.22. The van der Waals surface area contributed by atoms with Crippen molar-refractivity contribution >= 4 is 16.6 Å². The van der Waals surface area contributed by atoms with E-state index in [-0.39, 0.29) is 23.0 Å². The molecule has 0 fully saturated rings. The Labute approximate surface area is 140 Å². The fraction of sp³-hybridized carbons (Fsp3) is 0.471. The Hall–Kier alpha value is -1.99. The molecule has 1 aromatic heterocycles. The molecule has 0 amide bonds. The van der Waals surface area contributed by atoms with Gasteiger partial charge < -0.3 is 4.90 Å². The van der Waals surface area contributed by atoms with Gasteiger partial charge >= 0.3 is 12.4 Å². The second kappa shape index (κ2) is 5.02. The minimum atomic E-state index is -4.95. The largest absolute Gasteiger partial charge is 0.433 e. The van der Waals surface area contributed by atoms with Gasteiger partial charge in [0.25, 0.3) is 0 Å². The van der Waals surface area contributed by atoms with Crippen LogP contribution in [0.3, 0.4) is 0 Å². The molecule has 136 valence electrons. The van der Waals surface area contributed by atoms with Crippen molar-refractivity contribution in [2.75, 3.05) is 11.9 Å². The number of anilines is 1. The van der Waals surface area contributed by atoms with E-state index in [9.17, 15) is 26.3 Å². The Morgan fingerprint density at radius 2 is 1.60 bits per heavy atom. The molecular weight excluding hydrogens is 346 g/mol. The molecule has 25 heavy (non-hydrogen) atoms. The van der Waals surface area contributed by atoms with Crippen LogP contribution in [-0.2, 0) is 17.8 Å². The number of nitrogens with zero attached hydrogens (tertiary/aromatic N) is 2. The van der Waals surface area contributed by atoms with Gasteiger partial charge in [-0.25, -0.2) is 4.98 Å². The van der Waals surface area contributed by atoms with Gasteiger partial charge in [-0.15, -0.1) is 0 Å². The molecule has 0 N–H and O–H groups in total. The molecule has 8 heteroatoms. The van der Waals surface area contributed by atoms with Crippen LogP contribution in [0.2, 0.25) is 0 Å². The van der Waals surface area contributed by atoms with Crippen molar-refractivity contribution in [1.29, 1.82) is 0 Å². The van der Waals surface area contributed by atoms with Crippen molar-refractivity contribution in [3.8, 4) is 0 Å². The van der Waals surface area contributed by atoms with Crippen LogP contribution in [0.15, 0.2) is 18.2 Å². The lowest BCUT2D eigenvalue weighted by Crippen LogP contribution is -2.36. The summed E-state index contributed by atoms with van der Waals surface area (Å²) < 4.78 is 79.1.